The lowest BCUT2D eigenvalue weighted by atomic mass is 9.80. The first-order valence-corrected chi connectivity index (χ1v) is 8.91. The highest BCUT2D eigenvalue weighted by Gasteiger charge is 2.43. The molecule has 28 heavy (non-hydrogen) atoms. The number of benzene rings is 2. The lowest BCUT2D eigenvalue weighted by Gasteiger charge is -2.39. The summed E-state index contributed by atoms with van der Waals surface area (Å²) in [6, 6.07) is 9.60. The third kappa shape index (κ3) is 3.24. The molecule has 1 aliphatic rings. The van der Waals surface area contributed by atoms with Gasteiger partial charge < -0.3 is 24.2 Å². The van der Waals surface area contributed by atoms with Crippen LogP contribution in [0.1, 0.15) is 40.4 Å². The zero-order chi connectivity index (χ0) is 20.4. The lowest BCUT2D eigenvalue weighted by Crippen LogP contribution is -2.42. The van der Waals surface area contributed by atoms with Gasteiger partial charge in [-0.2, -0.15) is 0 Å². The van der Waals surface area contributed by atoms with E-state index in [4.69, 9.17) is 14.2 Å². The highest BCUT2D eigenvalue weighted by atomic mass is 16.5. The van der Waals surface area contributed by atoms with Gasteiger partial charge in [-0.05, 0) is 42.3 Å². The molecule has 0 aromatic heterocycles. The van der Waals surface area contributed by atoms with Crippen molar-refractivity contribution in [2.75, 3.05) is 27.9 Å². The highest BCUT2D eigenvalue weighted by molar-refractivity contribution is 6.01. The molecular formula is C21H23NO6. The maximum Gasteiger partial charge on any atom is 0.313 e. The van der Waals surface area contributed by atoms with Crippen LogP contribution in [0.25, 0.3) is 0 Å². The monoisotopic (exact) mass is 385 g/mol. The average molecular weight is 385 g/mol. The number of carboxylic acid groups (broad SMARTS) is 1. The number of rotatable bonds is 6. The molecule has 0 saturated carbocycles. The van der Waals surface area contributed by atoms with Crippen LogP contribution in [-0.2, 0) is 4.79 Å². The van der Waals surface area contributed by atoms with Crippen LogP contribution in [0.2, 0.25) is 0 Å². The quantitative estimate of drug-likeness (QED) is 0.822. The van der Waals surface area contributed by atoms with Crippen LogP contribution >= 0.6 is 0 Å². The predicted octanol–water partition coefficient (Wildman–Crippen LogP) is 3.10. The van der Waals surface area contributed by atoms with Crippen molar-refractivity contribution in [3.63, 3.8) is 0 Å². The molecule has 0 saturated heterocycles. The van der Waals surface area contributed by atoms with Gasteiger partial charge in [0.15, 0.2) is 11.5 Å². The van der Waals surface area contributed by atoms with Gasteiger partial charge in [-0.25, -0.2) is 0 Å². The number of methoxy groups -OCH3 is 2. The van der Waals surface area contributed by atoms with E-state index in [1.54, 1.807) is 37.4 Å². The van der Waals surface area contributed by atoms with E-state index in [0.717, 1.165) is 0 Å². The van der Waals surface area contributed by atoms with Gasteiger partial charge >= 0.3 is 5.97 Å². The van der Waals surface area contributed by atoms with Crippen molar-refractivity contribution in [3.05, 3.63) is 53.1 Å². The first-order valence-electron chi connectivity index (χ1n) is 8.91. The summed E-state index contributed by atoms with van der Waals surface area (Å²) in [4.78, 5) is 26.7. The Kier molecular flexibility index (Phi) is 5.44. The molecule has 0 spiro atoms. The summed E-state index contributed by atoms with van der Waals surface area (Å²) in [5.74, 6) is -0.786. The number of amides is 1. The van der Waals surface area contributed by atoms with E-state index in [1.807, 2.05) is 6.92 Å². The molecule has 1 amide bonds. The number of fused-ring (bicyclic) bond motifs is 1. The molecular weight excluding hydrogens is 362 g/mol. The number of nitrogens with zero attached hydrogens (tertiary/aromatic N) is 1. The summed E-state index contributed by atoms with van der Waals surface area (Å²) in [5.41, 5.74) is 1.43. The van der Waals surface area contributed by atoms with Crippen molar-refractivity contribution in [2.24, 2.45) is 0 Å². The number of carboxylic acids is 1. The molecule has 1 N–H and O–H groups in total. The Morgan fingerprint density at radius 1 is 1.11 bits per heavy atom. The number of hydrogen-bond donors (Lipinski definition) is 1. The van der Waals surface area contributed by atoms with Crippen molar-refractivity contribution >= 4 is 11.9 Å². The molecule has 0 aliphatic carbocycles. The topological polar surface area (TPSA) is 85.3 Å². The van der Waals surface area contributed by atoms with Crippen LogP contribution < -0.4 is 14.2 Å². The molecule has 0 fully saturated rings. The fraction of sp³-hybridized carbons (Fsp3) is 0.333. The van der Waals surface area contributed by atoms with Gasteiger partial charge in [0.2, 0.25) is 0 Å². The summed E-state index contributed by atoms with van der Waals surface area (Å²) in [6.07, 6.45) is 0. The number of hydrogen-bond acceptors (Lipinski definition) is 5. The largest absolute Gasteiger partial charge is 0.494 e. The van der Waals surface area contributed by atoms with Gasteiger partial charge in [0.1, 0.15) is 11.7 Å². The smallest absolute Gasteiger partial charge is 0.313 e. The molecule has 7 nitrogen and oxygen atoms in total. The van der Waals surface area contributed by atoms with Crippen LogP contribution in [0.5, 0.6) is 17.2 Å². The summed E-state index contributed by atoms with van der Waals surface area (Å²) in [5, 5.41) is 10.0. The number of ether oxygens (including phenoxy) is 3. The molecule has 7 heteroatoms. The highest BCUT2D eigenvalue weighted by Crippen LogP contribution is 2.45. The second-order valence-electron chi connectivity index (χ2n) is 6.47. The Hall–Kier alpha value is -3.22. The van der Waals surface area contributed by atoms with E-state index >= 15 is 0 Å². The lowest BCUT2D eigenvalue weighted by molar-refractivity contribution is -0.140. The van der Waals surface area contributed by atoms with Crippen LogP contribution in [0.15, 0.2) is 36.4 Å². The van der Waals surface area contributed by atoms with E-state index in [2.05, 4.69) is 0 Å². The Labute approximate surface area is 163 Å². The van der Waals surface area contributed by atoms with Gasteiger partial charge in [0, 0.05) is 12.6 Å². The molecule has 0 unspecified atom stereocenters. The number of carbonyl (C=O) groups excluding carboxylic acids is 1. The van der Waals surface area contributed by atoms with Crippen LogP contribution in [0.3, 0.4) is 0 Å². The first kappa shape index (κ1) is 19.5. The molecule has 3 rings (SSSR count). The predicted molar refractivity (Wildman–Crippen MR) is 102 cm³/mol. The van der Waals surface area contributed by atoms with Gasteiger partial charge in [-0.15, -0.1) is 0 Å². The SMILES string of the molecule is CCOc1ccc([C@H]2[C@H](C(=O)O)c3cc(OC)c(OC)cc3C(=O)N2C)cc1. The third-order valence-corrected chi connectivity index (χ3v) is 4.97. The van der Waals surface area contributed by atoms with Crippen molar-refractivity contribution in [1.82, 2.24) is 4.90 Å². The van der Waals surface area contributed by atoms with E-state index in [1.165, 1.54) is 25.2 Å². The maximum atomic E-state index is 13.0. The van der Waals surface area contributed by atoms with Gasteiger partial charge in [0.25, 0.3) is 5.91 Å². The molecule has 2 aromatic rings. The standard InChI is InChI=1S/C21H23NO6/c1-5-28-13-8-6-12(7-9-13)19-18(21(24)25)14-10-16(26-3)17(27-4)11-15(14)20(23)22(19)2/h6-11,18-19H,5H2,1-4H3,(H,24,25)/t18-,19+/m1/s1. The minimum Gasteiger partial charge on any atom is -0.494 e. The van der Waals surface area contributed by atoms with Gasteiger partial charge in [-0.3, -0.25) is 9.59 Å². The summed E-state index contributed by atoms with van der Waals surface area (Å²) in [7, 11) is 4.55. The van der Waals surface area contributed by atoms with E-state index in [9.17, 15) is 14.7 Å². The number of carbonyl (C=O) groups is 2. The zero-order valence-corrected chi connectivity index (χ0v) is 16.3. The second kappa shape index (κ2) is 7.80. The normalized spacial score (nSPS) is 18.4. The Morgan fingerprint density at radius 3 is 2.25 bits per heavy atom. The van der Waals surface area contributed by atoms with Gasteiger partial charge in [0.05, 0.1) is 26.9 Å². The fourth-order valence-electron chi connectivity index (χ4n) is 3.66. The number of aliphatic carboxylic acids is 1. The second-order valence-corrected chi connectivity index (χ2v) is 6.47. The molecule has 2 aromatic carbocycles. The Bertz CT molecular complexity index is 893. The van der Waals surface area contributed by atoms with E-state index < -0.39 is 17.9 Å². The van der Waals surface area contributed by atoms with Crippen molar-refractivity contribution in [3.8, 4) is 17.2 Å². The first-order chi connectivity index (χ1) is 13.4. The van der Waals surface area contributed by atoms with Crippen molar-refractivity contribution in [1.29, 1.82) is 0 Å². The van der Waals surface area contributed by atoms with Crippen LogP contribution in [-0.4, -0.2) is 49.8 Å². The average Bonchev–Trinajstić information content (AvgIpc) is 2.70. The maximum absolute atomic E-state index is 13.0. The molecule has 0 bridgehead atoms. The number of likely N-dealkylation sites (N-methyl/N-ethyl adjacent to an activating group) is 1. The molecule has 1 heterocycles. The minimum atomic E-state index is -1.02. The summed E-state index contributed by atoms with van der Waals surface area (Å²) < 4.78 is 16.0. The third-order valence-electron chi connectivity index (χ3n) is 4.97. The van der Waals surface area contributed by atoms with Crippen molar-refractivity contribution in [2.45, 2.75) is 18.9 Å². The summed E-state index contributed by atoms with van der Waals surface area (Å²) in [6.45, 7) is 2.43. The molecule has 1 aliphatic heterocycles. The Balaban J connectivity index is 2.15. The molecule has 148 valence electrons. The minimum absolute atomic E-state index is 0.271. The zero-order valence-electron chi connectivity index (χ0n) is 16.3. The van der Waals surface area contributed by atoms with Crippen molar-refractivity contribution < 1.29 is 28.9 Å². The molecule has 0 radical (unpaired) electrons. The molecule has 2 atom stereocenters. The summed E-state index contributed by atoms with van der Waals surface area (Å²) >= 11 is 0. The fourth-order valence-corrected chi connectivity index (χ4v) is 3.66. The van der Waals surface area contributed by atoms with Gasteiger partial charge in [-0.1, -0.05) is 12.1 Å². The Morgan fingerprint density at radius 2 is 1.71 bits per heavy atom. The van der Waals surface area contributed by atoms with E-state index in [-0.39, 0.29) is 5.91 Å². The van der Waals surface area contributed by atoms with Crippen LogP contribution in [0, 0.1) is 0 Å². The van der Waals surface area contributed by atoms with Crippen LogP contribution in [0.4, 0.5) is 0 Å². The van der Waals surface area contributed by atoms with E-state index in [0.29, 0.717) is 40.5 Å².